The lowest BCUT2D eigenvalue weighted by molar-refractivity contribution is -0.145. The molecule has 4 atom stereocenters. The monoisotopic (exact) mass is 298 g/mol. The summed E-state index contributed by atoms with van der Waals surface area (Å²) in [6.07, 6.45) is 4.23. The predicted molar refractivity (Wildman–Crippen MR) is 79.6 cm³/mol. The Kier molecular flexibility index (Phi) is 6.84. The third-order valence-electron chi connectivity index (χ3n) is 3.78. The standard InChI is InChI=1S/C15H26N2O4/c1-4-6-11-8-12(15(20)21)17(9-11)14(16-10(3)18)13(19)7-5-2/h4,6,11-14,19H,5,7-9H2,1-3H3,(H,16,18)(H,20,21)/b6-4-. The van der Waals surface area contributed by atoms with E-state index in [-0.39, 0.29) is 11.8 Å². The molecule has 1 aliphatic rings. The van der Waals surface area contributed by atoms with Crippen molar-refractivity contribution in [1.29, 1.82) is 0 Å². The molecule has 1 amide bonds. The Hall–Kier alpha value is -1.40. The molecular formula is C15H26N2O4. The third-order valence-corrected chi connectivity index (χ3v) is 3.78. The first kappa shape index (κ1) is 17.7. The summed E-state index contributed by atoms with van der Waals surface area (Å²) in [7, 11) is 0. The second-order valence-electron chi connectivity index (χ2n) is 5.57. The van der Waals surface area contributed by atoms with Crippen molar-refractivity contribution >= 4 is 11.9 Å². The minimum Gasteiger partial charge on any atom is -0.480 e. The molecule has 1 rings (SSSR count). The van der Waals surface area contributed by atoms with Crippen molar-refractivity contribution in [2.45, 2.75) is 58.3 Å². The van der Waals surface area contributed by atoms with E-state index >= 15 is 0 Å². The van der Waals surface area contributed by atoms with E-state index in [2.05, 4.69) is 5.32 Å². The molecule has 0 aliphatic carbocycles. The van der Waals surface area contributed by atoms with Crippen LogP contribution < -0.4 is 5.32 Å². The van der Waals surface area contributed by atoms with Crippen molar-refractivity contribution in [3.05, 3.63) is 12.2 Å². The molecular weight excluding hydrogens is 272 g/mol. The Labute approximate surface area is 125 Å². The lowest BCUT2D eigenvalue weighted by atomic mass is 10.1. The lowest BCUT2D eigenvalue weighted by Gasteiger charge is -2.34. The molecule has 0 aromatic carbocycles. The molecule has 1 aliphatic heterocycles. The minimum atomic E-state index is -0.916. The van der Waals surface area contributed by atoms with Crippen molar-refractivity contribution in [3.63, 3.8) is 0 Å². The molecule has 0 aromatic rings. The smallest absolute Gasteiger partial charge is 0.321 e. The summed E-state index contributed by atoms with van der Waals surface area (Å²) >= 11 is 0. The highest BCUT2D eigenvalue weighted by Gasteiger charge is 2.42. The van der Waals surface area contributed by atoms with Gasteiger partial charge in [0.2, 0.25) is 5.91 Å². The fraction of sp³-hybridized carbons (Fsp3) is 0.733. The van der Waals surface area contributed by atoms with Gasteiger partial charge in [0.25, 0.3) is 0 Å². The summed E-state index contributed by atoms with van der Waals surface area (Å²) < 4.78 is 0. The highest BCUT2D eigenvalue weighted by atomic mass is 16.4. The highest BCUT2D eigenvalue weighted by Crippen LogP contribution is 2.27. The van der Waals surface area contributed by atoms with Gasteiger partial charge < -0.3 is 15.5 Å². The van der Waals surface area contributed by atoms with Crippen LogP contribution in [0.2, 0.25) is 0 Å². The number of nitrogens with one attached hydrogen (secondary N) is 1. The molecule has 0 bridgehead atoms. The Bertz CT molecular complexity index is 397. The highest BCUT2D eigenvalue weighted by molar-refractivity contribution is 5.75. The zero-order valence-corrected chi connectivity index (χ0v) is 13.0. The van der Waals surface area contributed by atoms with E-state index in [1.807, 2.05) is 26.0 Å². The van der Waals surface area contributed by atoms with Gasteiger partial charge in [0.15, 0.2) is 0 Å². The van der Waals surface area contributed by atoms with E-state index in [1.165, 1.54) is 6.92 Å². The van der Waals surface area contributed by atoms with Crippen molar-refractivity contribution < 1.29 is 19.8 Å². The Morgan fingerprint density at radius 1 is 1.48 bits per heavy atom. The van der Waals surface area contributed by atoms with Gasteiger partial charge >= 0.3 is 5.97 Å². The number of hydrogen-bond donors (Lipinski definition) is 3. The molecule has 6 nitrogen and oxygen atoms in total. The van der Waals surface area contributed by atoms with E-state index in [0.717, 1.165) is 6.42 Å². The number of hydrogen-bond acceptors (Lipinski definition) is 4. The van der Waals surface area contributed by atoms with Crippen LogP contribution in [-0.4, -0.2) is 51.8 Å². The van der Waals surface area contributed by atoms with Crippen molar-refractivity contribution in [1.82, 2.24) is 10.2 Å². The van der Waals surface area contributed by atoms with Crippen LogP contribution in [0.4, 0.5) is 0 Å². The number of aliphatic carboxylic acids is 1. The van der Waals surface area contributed by atoms with E-state index in [4.69, 9.17) is 0 Å². The number of carboxylic acid groups (broad SMARTS) is 1. The molecule has 0 radical (unpaired) electrons. The molecule has 21 heavy (non-hydrogen) atoms. The van der Waals surface area contributed by atoms with Crippen molar-refractivity contribution in [2.24, 2.45) is 5.92 Å². The number of likely N-dealkylation sites (tertiary alicyclic amines) is 1. The maximum absolute atomic E-state index is 11.5. The zero-order chi connectivity index (χ0) is 16.0. The van der Waals surface area contributed by atoms with E-state index in [9.17, 15) is 19.8 Å². The van der Waals surface area contributed by atoms with Crippen LogP contribution in [0.3, 0.4) is 0 Å². The summed E-state index contributed by atoms with van der Waals surface area (Å²) in [5.74, 6) is -1.06. The molecule has 6 heteroatoms. The van der Waals surface area contributed by atoms with Gasteiger partial charge in [-0.25, -0.2) is 0 Å². The van der Waals surface area contributed by atoms with E-state index < -0.39 is 24.3 Å². The summed E-state index contributed by atoms with van der Waals surface area (Å²) in [5.41, 5.74) is 0. The number of nitrogens with zero attached hydrogens (tertiary/aromatic N) is 1. The fourth-order valence-corrected chi connectivity index (χ4v) is 2.92. The third kappa shape index (κ3) is 4.82. The number of carbonyl (C=O) groups excluding carboxylic acids is 1. The first-order valence-electron chi connectivity index (χ1n) is 7.47. The Morgan fingerprint density at radius 2 is 2.14 bits per heavy atom. The van der Waals surface area contributed by atoms with Gasteiger partial charge in [-0.3, -0.25) is 14.5 Å². The second-order valence-corrected chi connectivity index (χ2v) is 5.57. The van der Waals surface area contributed by atoms with Gasteiger partial charge in [0, 0.05) is 13.5 Å². The first-order chi connectivity index (χ1) is 9.90. The van der Waals surface area contributed by atoms with Gasteiger partial charge in [-0.1, -0.05) is 25.5 Å². The molecule has 1 heterocycles. The number of carboxylic acids is 1. The van der Waals surface area contributed by atoms with Crippen LogP contribution in [0.1, 0.15) is 40.0 Å². The maximum Gasteiger partial charge on any atom is 0.321 e. The number of rotatable bonds is 7. The molecule has 3 N–H and O–H groups in total. The van der Waals surface area contributed by atoms with Gasteiger partial charge in [-0.2, -0.15) is 0 Å². The molecule has 4 unspecified atom stereocenters. The number of aliphatic hydroxyl groups is 1. The first-order valence-corrected chi connectivity index (χ1v) is 7.47. The predicted octanol–water partition coefficient (Wildman–Crippen LogP) is 0.961. The van der Waals surface area contributed by atoms with Crippen LogP contribution >= 0.6 is 0 Å². The average molecular weight is 298 g/mol. The van der Waals surface area contributed by atoms with Gasteiger partial charge in [-0.05, 0) is 25.7 Å². The topological polar surface area (TPSA) is 89.9 Å². The Morgan fingerprint density at radius 3 is 2.62 bits per heavy atom. The molecule has 0 aromatic heterocycles. The lowest BCUT2D eigenvalue weighted by Crippen LogP contribution is -2.57. The van der Waals surface area contributed by atoms with Gasteiger partial charge in [-0.15, -0.1) is 0 Å². The summed E-state index contributed by atoms with van der Waals surface area (Å²) in [5, 5.41) is 22.4. The van der Waals surface area contributed by atoms with Crippen LogP contribution in [0, 0.1) is 5.92 Å². The van der Waals surface area contributed by atoms with Crippen LogP contribution in [-0.2, 0) is 9.59 Å². The molecule has 0 saturated carbocycles. The molecule has 120 valence electrons. The van der Waals surface area contributed by atoms with Gasteiger partial charge in [0.1, 0.15) is 12.2 Å². The number of allylic oxidation sites excluding steroid dienone is 1. The zero-order valence-electron chi connectivity index (χ0n) is 13.0. The maximum atomic E-state index is 11.5. The molecule has 1 saturated heterocycles. The minimum absolute atomic E-state index is 0.126. The SMILES string of the molecule is C/C=C\C1CC(C(=O)O)N(C(NC(C)=O)C(O)CCC)C1. The second kappa shape index (κ2) is 8.14. The van der Waals surface area contributed by atoms with Gasteiger partial charge in [0.05, 0.1) is 6.10 Å². The molecule has 0 spiro atoms. The largest absolute Gasteiger partial charge is 0.480 e. The van der Waals surface area contributed by atoms with Crippen LogP contribution in [0.15, 0.2) is 12.2 Å². The van der Waals surface area contributed by atoms with Crippen molar-refractivity contribution in [3.8, 4) is 0 Å². The Balaban J connectivity index is 2.96. The number of amides is 1. The van der Waals surface area contributed by atoms with Crippen LogP contribution in [0.5, 0.6) is 0 Å². The van der Waals surface area contributed by atoms with E-state index in [1.54, 1.807) is 4.90 Å². The number of carbonyl (C=O) groups is 2. The quantitative estimate of drug-likeness (QED) is 0.609. The molecule has 1 fully saturated rings. The average Bonchev–Trinajstić information content (AvgIpc) is 2.80. The summed E-state index contributed by atoms with van der Waals surface area (Å²) in [4.78, 5) is 24.6. The number of aliphatic hydroxyl groups excluding tert-OH is 1. The fourth-order valence-electron chi connectivity index (χ4n) is 2.92. The summed E-state index contributed by atoms with van der Waals surface area (Å²) in [6, 6.07) is -0.686. The van der Waals surface area contributed by atoms with Crippen LogP contribution in [0.25, 0.3) is 0 Å². The normalized spacial score (nSPS) is 25.9. The van der Waals surface area contributed by atoms with E-state index in [0.29, 0.717) is 19.4 Å². The van der Waals surface area contributed by atoms with Crippen molar-refractivity contribution in [2.75, 3.05) is 6.54 Å². The summed E-state index contributed by atoms with van der Waals surface area (Å²) in [6.45, 7) is 5.74.